The van der Waals surface area contributed by atoms with Gasteiger partial charge in [0.1, 0.15) is 0 Å². The lowest BCUT2D eigenvalue weighted by Gasteiger charge is -2.29. The van der Waals surface area contributed by atoms with E-state index in [1.54, 1.807) is 0 Å². The maximum atomic E-state index is 6.49. The summed E-state index contributed by atoms with van der Waals surface area (Å²) in [6.45, 7) is 2.06. The van der Waals surface area contributed by atoms with Crippen LogP contribution in [0.1, 0.15) is 28.7 Å². The maximum absolute atomic E-state index is 6.49. The molecule has 1 aliphatic rings. The van der Waals surface area contributed by atoms with Gasteiger partial charge < -0.3 is 5.73 Å². The lowest BCUT2D eigenvalue weighted by Crippen LogP contribution is -2.36. The van der Waals surface area contributed by atoms with E-state index >= 15 is 0 Å². The maximum Gasteiger partial charge on any atom is 0.0441 e. The zero-order chi connectivity index (χ0) is 14.8. The number of hydrogen-bond acceptors (Lipinski definition) is 1. The zero-order valence-corrected chi connectivity index (χ0v) is 13.2. The van der Waals surface area contributed by atoms with Gasteiger partial charge in [-0.05, 0) is 66.8 Å². The predicted molar refractivity (Wildman–Crippen MR) is 89.8 cm³/mol. The highest BCUT2D eigenvalue weighted by Crippen LogP contribution is 2.29. The van der Waals surface area contributed by atoms with Crippen LogP contribution in [0.3, 0.4) is 0 Å². The highest BCUT2D eigenvalue weighted by Gasteiger charge is 2.24. The van der Waals surface area contributed by atoms with E-state index in [-0.39, 0.29) is 6.04 Å². The molecule has 2 aromatic rings. The van der Waals surface area contributed by atoms with Crippen LogP contribution in [0.4, 0.5) is 0 Å². The molecule has 2 aromatic carbocycles. The van der Waals surface area contributed by atoms with E-state index in [2.05, 4.69) is 43.3 Å². The van der Waals surface area contributed by atoms with Gasteiger partial charge in [0.2, 0.25) is 0 Å². The first-order valence-corrected chi connectivity index (χ1v) is 8.08. The number of rotatable bonds is 3. The van der Waals surface area contributed by atoms with E-state index in [9.17, 15) is 0 Å². The Labute approximate surface area is 132 Å². The third-order valence-corrected chi connectivity index (χ3v) is 5.01. The van der Waals surface area contributed by atoms with E-state index in [1.165, 1.54) is 28.7 Å². The van der Waals surface area contributed by atoms with Crippen LogP contribution >= 0.6 is 11.6 Å². The van der Waals surface area contributed by atoms with Crippen LogP contribution in [-0.4, -0.2) is 6.04 Å². The number of hydrogen-bond donors (Lipinski definition) is 1. The third kappa shape index (κ3) is 3.30. The van der Waals surface area contributed by atoms with Crippen LogP contribution in [0.15, 0.2) is 42.5 Å². The van der Waals surface area contributed by atoms with Crippen molar-refractivity contribution in [3.05, 3.63) is 69.7 Å². The summed E-state index contributed by atoms with van der Waals surface area (Å²) in [6.07, 6.45) is 4.30. The molecule has 0 bridgehead atoms. The Morgan fingerprint density at radius 2 is 1.95 bits per heavy atom. The Balaban J connectivity index is 1.70. The van der Waals surface area contributed by atoms with Crippen molar-refractivity contribution in [3.63, 3.8) is 0 Å². The van der Waals surface area contributed by atoms with Crippen molar-refractivity contribution in [3.8, 4) is 0 Å². The highest BCUT2D eigenvalue weighted by atomic mass is 35.5. The minimum Gasteiger partial charge on any atom is -0.327 e. The van der Waals surface area contributed by atoms with Crippen molar-refractivity contribution in [2.24, 2.45) is 11.7 Å². The van der Waals surface area contributed by atoms with E-state index in [0.29, 0.717) is 5.92 Å². The molecule has 2 atom stereocenters. The van der Waals surface area contributed by atoms with Crippen LogP contribution in [0.25, 0.3) is 0 Å². The minimum absolute atomic E-state index is 0.179. The third-order valence-electron chi connectivity index (χ3n) is 4.65. The van der Waals surface area contributed by atoms with Gasteiger partial charge >= 0.3 is 0 Å². The van der Waals surface area contributed by atoms with Gasteiger partial charge in [0.05, 0.1) is 0 Å². The summed E-state index contributed by atoms with van der Waals surface area (Å²) in [7, 11) is 0. The zero-order valence-electron chi connectivity index (χ0n) is 12.5. The van der Waals surface area contributed by atoms with Crippen molar-refractivity contribution in [2.75, 3.05) is 0 Å². The molecule has 1 nitrogen and oxygen atoms in total. The van der Waals surface area contributed by atoms with Crippen molar-refractivity contribution < 1.29 is 0 Å². The summed E-state index contributed by atoms with van der Waals surface area (Å²) >= 11 is 6.34. The highest BCUT2D eigenvalue weighted by molar-refractivity contribution is 6.31. The van der Waals surface area contributed by atoms with Crippen LogP contribution in [-0.2, 0) is 19.3 Å². The largest absolute Gasteiger partial charge is 0.327 e. The second kappa shape index (κ2) is 6.21. The Hall–Kier alpha value is -1.31. The summed E-state index contributed by atoms with van der Waals surface area (Å²) in [6, 6.07) is 15.2. The van der Waals surface area contributed by atoms with E-state index in [0.717, 1.165) is 24.3 Å². The average Bonchev–Trinajstić information content (AvgIpc) is 2.49. The molecule has 2 N–H and O–H groups in total. The lowest BCUT2D eigenvalue weighted by molar-refractivity contribution is 0.372. The first-order valence-electron chi connectivity index (χ1n) is 7.71. The van der Waals surface area contributed by atoms with Gasteiger partial charge in [-0.15, -0.1) is 0 Å². The first-order chi connectivity index (χ1) is 10.1. The Morgan fingerprint density at radius 3 is 2.71 bits per heavy atom. The number of fused-ring (bicyclic) bond motifs is 1. The van der Waals surface area contributed by atoms with Gasteiger partial charge in [0.25, 0.3) is 0 Å². The lowest BCUT2D eigenvalue weighted by atomic mass is 9.79. The molecule has 0 saturated heterocycles. The normalized spacial score (nSPS) is 19.1. The molecule has 0 fully saturated rings. The fraction of sp³-hybridized carbons (Fsp3) is 0.368. The van der Waals surface area contributed by atoms with Gasteiger partial charge in [0, 0.05) is 11.1 Å². The van der Waals surface area contributed by atoms with E-state index < -0.39 is 0 Å². The first kappa shape index (κ1) is 14.6. The van der Waals surface area contributed by atoms with E-state index in [1.807, 2.05) is 6.07 Å². The fourth-order valence-corrected chi connectivity index (χ4v) is 3.64. The second-order valence-electron chi connectivity index (χ2n) is 6.23. The summed E-state index contributed by atoms with van der Waals surface area (Å²) < 4.78 is 0. The van der Waals surface area contributed by atoms with Crippen molar-refractivity contribution >= 4 is 11.6 Å². The fourth-order valence-electron chi connectivity index (χ4n) is 3.33. The van der Waals surface area contributed by atoms with Crippen LogP contribution in [0.2, 0.25) is 5.02 Å². The Kier molecular flexibility index (Phi) is 4.32. The van der Waals surface area contributed by atoms with E-state index in [4.69, 9.17) is 17.3 Å². The number of nitrogens with two attached hydrogens (primary N) is 1. The van der Waals surface area contributed by atoms with Crippen LogP contribution in [0, 0.1) is 12.8 Å². The average molecular weight is 300 g/mol. The molecule has 2 heteroatoms. The molecular formula is C19H22ClN. The number of aryl methyl sites for hydroxylation is 2. The van der Waals surface area contributed by atoms with Gasteiger partial charge in [-0.3, -0.25) is 0 Å². The summed E-state index contributed by atoms with van der Waals surface area (Å²) in [5.74, 6) is 0.553. The quantitative estimate of drug-likeness (QED) is 0.897. The molecule has 21 heavy (non-hydrogen) atoms. The Morgan fingerprint density at radius 1 is 1.19 bits per heavy atom. The molecule has 110 valence electrons. The van der Waals surface area contributed by atoms with Gasteiger partial charge in [-0.1, -0.05) is 48.0 Å². The van der Waals surface area contributed by atoms with Crippen molar-refractivity contribution in [2.45, 2.75) is 38.6 Å². The monoisotopic (exact) mass is 299 g/mol. The number of halogens is 1. The molecule has 0 aliphatic heterocycles. The minimum atomic E-state index is 0.179. The predicted octanol–water partition coefficient (Wildman–Crippen LogP) is 4.32. The molecule has 0 saturated carbocycles. The molecule has 3 rings (SSSR count). The molecule has 0 amide bonds. The summed E-state index contributed by atoms with van der Waals surface area (Å²) in [4.78, 5) is 0. The van der Waals surface area contributed by atoms with Crippen LogP contribution < -0.4 is 5.73 Å². The SMILES string of the molecule is Cc1ccc(CC(N)C2CCc3ccccc3C2)c(Cl)c1. The van der Waals surface area contributed by atoms with Gasteiger partial charge in [0.15, 0.2) is 0 Å². The molecule has 0 radical (unpaired) electrons. The number of benzene rings is 2. The summed E-state index contributed by atoms with van der Waals surface area (Å²) in [5, 5.41) is 0.849. The standard InChI is InChI=1S/C19H22ClN/c1-13-6-7-16(18(20)10-13)12-19(21)17-9-8-14-4-2-3-5-15(14)11-17/h2-7,10,17,19H,8-9,11-12,21H2,1H3. The molecule has 0 spiro atoms. The molecule has 0 heterocycles. The molecule has 2 unspecified atom stereocenters. The van der Waals surface area contributed by atoms with Crippen molar-refractivity contribution in [1.29, 1.82) is 0 Å². The van der Waals surface area contributed by atoms with Gasteiger partial charge in [-0.25, -0.2) is 0 Å². The van der Waals surface area contributed by atoms with Crippen LogP contribution in [0.5, 0.6) is 0 Å². The van der Waals surface area contributed by atoms with Crippen molar-refractivity contribution in [1.82, 2.24) is 0 Å². The second-order valence-corrected chi connectivity index (χ2v) is 6.64. The Bertz CT molecular complexity index is 635. The molecule has 1 aliphatic carbocycles. The smallest absolute Gasteiger partial charge is 0.0441 e. The molecular weight excluding hydrogens is 278 g/mol. The topological polar surface area (TPSA) is 26.0 Å². The summed E-state index contributed by atoms with van der Waals surface area (Å²) in [5.41, 5.74) is 11.8. The van der Waals surface area contributed by atoms with Gasteiger partial charge in [-0.2, -0.15) is 0 Å². The molecule has 0 aromatic heterocycles.